The fraction of sp³-hybridized carbons (Fsp3) is 0.417. The van der Waals surface area contributed by atoms with Crippen molar-refractivity contribution in [3.05, 3.63) is 35.4 Å². The van der Waals surface area contributed by atoms with E-state index in [1.807, 2.05) is 11.9 Å². The number of alkyl halides is 6. The van der Waals surface area contributed by atoms with Gasteiger partial charge in [0, 0.05) is 31.7 Å². The lowest BCUT2D eigenvalue weighted by Gasteiger charge is -2.34. The van der Waals surface area contributed by atoms with Crippen LogP contribution in [0.4, 0.5) is 32.2 Å². The summed E-state index contributed by atoms with van der Waals surface area (Å²) in [5.41, 5.74) is -3.19. The van der Waals surface area contributed by atoms with Gasteiger partial charge in [-0.1, -0.05) is 0 Å². The van der Waals surface area contributed by atoms with Crippen molar-refractivity contribution in [2.75, 3.05) is 59.5 Å². The predicted octanol–water partition coefficient (Wildman–Crippen LogP) is 5.11. The molecule has 0 amide bonds. The molecule has 37 heavy (non-hydrogen) atoms. The number of ether oxygens (including phenoxy) is 3. The number of nitrogens with zero attached hydrogens (tertiary/aromatic N) is 4. The maximum absolute atomic E-state index is 13.5. The van der Waals surface area contributed by atoms with E-state index in [0.29, 0.717) is 55.3 Å². The smallest absolute Gasteiger partial charge is 0.416 e. The van der Waals surface area contributed by atoms with Crippen LogP contribution in [-0.4, -0.2) is 69.4 Å². The molecule has 1 aliphatic rings. The van der Waals surface area contributed by atoms with Gasteiger partial charge in [-0.2, -0.15) is 26.3 Å². The monoisotopic (exact) mass is 530 g/mol. The number of piperazine rings is 1. The van der Waals surface area contributed by atoms with Crippen LogP contribution in [-0.2, 0) is 12.4 Å². The zero-order chi connectivity index (χ0) is 27.1. The van der Waals surface area contributed by atoms with Gasteiger partial charge in [0.25, 0.3) is 0 Å². The van der Waals surface area contributed by atoms with Gasteiger partial charge in [0.15, 0.2) is 17.3 Å². The fourth-order valence-electron chi connectivity index (χ4n) is 4.19. The molecule has 0 unspecified atom stereocenters. The van der Waals surface area contributed by atoms with Crippen molar-refractivity contribution >= 4 is 16.7 Å². The Labute approximate surface area is 208 Å². The molecule has 0 N–H and O–H groups in total. The summed E-state index contributed by atoms with van der Waals surface area (Å²) in [7, 11) is 6.09. The van der Waals surface area contributed by atoms with Crippen LogP contribution in [0.25, 0.3) is 22.3 Å². The minimum atomic E-state index is -5.01. The molecule has 1 fully saturated rings. The number of benzene rings is 2. The first-order valence-electron chi connectivity index (χ1n) is 11.1. The molecule has 4 rings (SSSR count). The van der Waals surface area contributed by atoms with Crippen LogP contribution >= 0.6 is 0 Å². The molecular weight excluding hydrogens is 506 g/mol. The largest absolute Gasteiger partial charge is 0.493 e. The minimum Gasteiger partial charge on any atom is -0.493 e. The van der Waals surface area contributed by atoms with E-state index in [1.54, 1.807) is 6.07 Å². The first kappa shape index (κ1) is 26.6. The first-order chi connectivity index (χ1) is 17.4. The molecule has 2 aromatic carbocycles. The summed E-state index contributed by atoms with van der Waals surface area (Å²) >= 11 is 0. The normalized spacial score (nSPS) is 15.2. The lowest BCUT2D eigenvalue weighted by molar-refractivity contribution is -0.143. The molecule has 0 aliphatic carbocycles. The van der Waals surface area contributed by atoms with E-state index in [0.717, 1.165) is 0 Å². The molecule has 13 heteroatoms. The van der Waals surface area contributed by atoms with Crippen LogP contribution in [0.1, 0.15) is 11.1 Å². The predicted molar refractivity (Wildman–Crippen MR) is 124 cm³/mol. The topological polar surface area (TPSA) is 60.0 Å². The van der Waals surface area contributed by atoms with Crippen LogP contribution in [0.3, 0.4) is 0 Å². The molecule has 200 valence electrons. The van der Waals surface area contributed by atoms with Crippen LogP contribution in [0.15, 0.2) is 24.3 Å². The Kier molecular flexibility index (Phi) is 7.01. The summed E-state index contributed by atoms with van der Waals surface area (Å²) < 4.78 is 97.6. The molecule has 1 aromatic heterocycles. The maximum atomic E-state index is 13.5. The number of likely N-dealkylation sites (N-methyl/N-ethyl adjacent to an activating group) is 1. The number of rotatable bonds is 5. The highest BCUT2D eigenvalue weighted by Crippen LogP contribution is 2.46. The fourth-order valence-corrected chi connectivity index (χ4v) is 4.19. The Hall–Kier alpha value is -3.48. The van der Waals surface area contributed by atoms with Gasteiger partial charge in [-0.15, -0.1) is 0 Å². The molecule has 0 atom stereocenters. The zero-order valence-corrected chi connectivity index (χ0v) is 20.4. The molecule has 3 aromatic rings. The average molecular weight is 530 g/mol. The van der Waals surface area contributed by atoms with E-state index < -0.39 is 29.0 Å². The highest BCUT2D eigenvalue weighted by atomic mass is 19.4. The summed E-state index contributed by atoms with van der Waals surface area (Å²) in [5, 5.41) is 0.450. The zero-order valence-electron chi connectivity index (χ0n) is 20.4. The van der Waals surface area contributed by atoms with Crippen molar-refractivity contribution in [3.8, 4) is 28.6 Å². The van der Waals surface area contributed by atoms with Gasteiger partial charge in [0.2, 0.25) is 5.75 Å². The van der Waals surface area contributed by atoms with E-state index in [-0.39, 0.29) is 28.9 Å². The quantitative estimate of drug-likeness (QED) is 0.425. The Morgan fingerprint density at radius 1 is 0.730 bits per heavy atom. The highest BCUT2D eigenvalue weighted by Gasteiger charge is 2.37. The molecule has 0 saturated carbocycles. The van der Waals surface area contributed by atoms with E-state index in [1.165, 1.54) is 21.3 Å². The summed E-state index contributed by atoms with van der Waals surface area (Å²) in [6, 6.07) is 2.90. The van der Waals surface area contributed by atoms with Gasteiger partial charge in [0.05, 0.1) is 37.8 Å². The molecule has 2 heterocycles. The van der Waals surface area contributed by atoms with Crippen molar-refractivity contribution in [2.24, 2.45) is 0 Å². The third-order valence-corrected chi connectivity index (χ3v) is 6.12. The Morgan fingerprint density at radius 2 is 1.30 bits per heavy atom. The van der Waals surface area contributed by atoms with Crippen molar-refractivity contribution in [2.45, 2.75) is 12.4 Å². The molecule has 1 aliphatic heterocycles. The van der Waals surface area contributed by atoms with Crippen LogP contribution < -0.4 is 19.1 Å². The number of halogens is 6. The Balaban J connectivity index is 2.05. The van der Waals surface area contributed by atoms with E-state index in [4.69, 9.17) is 14.2 Å². The molecular formula is C24H24F6N4O3. The standard InChI is InChI=1S/C24H24F6N4O3/c1-33-5-7-34(8-6-33)22-16-12-17(35-2)19(36-3)20(37-4)18(16)31-21(32-22)13-9-14(23(25,26)27)11-15(10-13)24(28,29)30/h9-12H,5-8H2,1-4H3. The summed E-state index contributed by atoms with van der Waals surface area (Å²) in [5.74, 6) is 0.601. The molecule has 0 spiro atoms. The number of anilines is 1. The molecule has 0 radical (unpaired) electrons. The number of aromatic nitrogens is 2. The number of fused-ring (bicyclic) bond motifs is 1. The van der Waals surface area contributed by atoms with Crippen LogP contribution in [0, 0.1) is 0 Å². The van der Waals surface area contributed by atoms with Gasteiger partial charge in [-0.3, -0.25) is 0 Å². The molecule has 7 nitrogen and oxygen atoms in total. The SMILES string of the molecule is COc1cc2c(N3CCN(C)CC3)nc(-c3cc(C(F)(F)F)cc(C(F)(F)F)c3)nc2c(OC)c1OC. The van der Waals surface area contributed by atoms with E-state index in [2.05, 4.69) is 14.9 Å². The van der Waals surface area contributed by atoms with Gasteiger partial charge < -0.3 is 24.0 Å². The minimum absolute atomic E-state index is 0.0698. The number of hydrogen-bond donors (Lipinski definition) is 0. The van der Waals surface area contributed by atoms with Crippen LogP contribution in [0.2, 0.25) is 0 Å². The second-order valence-electron chi connectivity index (χ2n) is 8.50. The summed E-state index contributed by atoms with van der Waals surface area (Å²) in [4.78, 5) is 12.8. The lowest BCUT2D eigenvalue weighted by Crippen LogP contribution is -2.45. The first-order valence-corrected chi connectivity index (χ1v) is 11.1. The van der Waals surface area contributed by atoms with Crippen molar-refractivity contribution < 1.29 is 40.6 Å². The second kappa shape index (κ2) is 9.77. The Morgan fingerprint density at radius 3 is 1.78 bits per heavy atom. The molecule has 1 saturated heterocycles. The van der Waals surface area contributed by atoms with E-state index >= 15 is 0 Å². The van der Waals surface area contributed by atoms with Crippen LogP contribution in [0.5, 0.6) is 17.2 Å². The van der Waals surface area contributed by atoms with E-state index in [9.17, 15) is 26.3 Å². The molecule has 0 bridgehead atoms. The maximum Gasteiger partial charge on any atom is 0.416 e. The third-order valence-electron chi connectivity index (χ3n) is 6.12. The van der Waals surface area contributed by atoms with Crippen molar-refractivity contribution in [3.63, 3.8) is 0 Å². The van der Waals surface area contributed by atoms with Gasteiger partial charge in [-0.25, -0.2) is 9.97 Å². The van der Waals surface area contributed by atoms with Gasteiger partial charge in [-0.05, 0) is 31.3 Å². The number of methoxy groups -OCH3 is 3. The summed E-state index contributed by atoms with van der Waals surface area (Å²) in [6.07, 6.45) is -10.0. The highest BCUT2D eigenvalue weighted by molar-refractivity contribution is 5.98. The second-order valence-corrected chi connectivity index (χ2v) is 8.50. The average Bonchev–Trinajstić information content (AvgIpc) is 2.85. The number of hydrogen-bond acceptors (Lipinski definition) is 7. The van der Waals surface area contributed by atoms with Crippen molar-refractivity contribution in [1.29, 1.82) is 0 Å². The van der Waals surface area contributed by atoms with Gasteiger partial charge >= 0.3 is 12.4 Å². The van der Waals surface area contributed by atoms with Gasteiger partial charge in [0.1, 0.15) is 11.3 Å². The summed E-state index contributed by atoms with van der Waals surface area (Å²) in [6.45, 7) is 2.39. The third kappa shape index (κ3) is 5.17. The lowest BCUT2D eigenvalue weighted by atomic mass is 10.0. The van der Waals surface area contributed by atoms with Crippen molar-refractivity contribution in [1.82, 2.24) is 14.9 Å². The Bertz CT molecular complexity index is 1270.